The molecule has 1 aliphatic heterocycles. The quantitative estimate of drug-likeness (QED) is 0.825. The highest BCUT2D eigenvalue weighted by Gasteiger charge is 2.34. The number of ether oxygens (including phenoxy) is 1. The van der Waals surface area contributed by atoms with E-state index in [9.17, 15) is 8.42 Å². The lowest BCUT2D eigenvalue weighted by Crippen LogP contribution is -2.48. The highest BCUT2D eigenvalue weighted by Crippen LogP contribution is 2.25. The van der Waals surface area contributed by atoms with Crippen molar-refractivity contribution >= 4 is 10.0 Å². The molecule has 1 aliphatic rings. The molecule has 0 radical (unpaired) electrons. The van der Waals surface area contributed by atoms with Crippen molar-refractivity contribution in [3.63, 3.8) is 0 Å². The fourth-order valence-corrected chi connectivity index (χ4v) is 4.78. The third-order valence-corrected chi connectivity index (χ3v) is 6.32. The molecule has 0 aliphatic carbocycles. The van der Waals surface area contributed by atoms with E-state index in [1.807, 2.05) is 19.1 Å². The van der Waals surface area contributed by atoms with E-state index in [2.05, 4.69) is 9.97 Å². The van der Waals surface area contributed by atoms with Crippen LogP contribution in [0.4, 0.5) is 0 Å². The second kappa shape index (κ2) is 7.38. The molecule has 0 N–H and O–H groups in total. The van der Waals surface area contributed by atoms with E-state index in [1.54, 1.807) is 35.0 Å². The largest absolute Gasteiger partial charge is 0.378 e. The minimum Gasteiger partial charge on any atom is -0.378 e. The van der Waals surface area contributed by atoms with Crippen LogP contribution in [0.1, 0.15) is 17.7 Å². The normalized spacial score (nSPS) is 19.3. The fraction of sp³-hybridized carbons (Fsp3) is 0.412. The second-order valence-corrected chi connectivity index (χ2v) is 7.70. The SMILES string of the molecule is Cc1ccccc1S(=O)(=O)N1CCOCC1CCc1cnccn1. The minimum atomic E-state index is -3.53. The minimum absolute atomic E-state index is 0.189. The van der Waals surface area contributed by atoms with Gasteiger partial charge in [0.05, 0.1) is 23.8 Å². The van der Waals surface area contributed by atoms with Gasteiger partial charge in [-0.2, -0.15) is 4.31 Å². The van der Waals surface area contributed by atoms with E-state index in [0.29, 0.717) is 37.5 Å². The molecule has 7 heteroatoms. The number of hydrogen-bond acceptors (Lipinski definition) is 5. The molecule has 2 heterocycles. The Kier molecular flexibility index (Phi) is 5.23. The highest BCUT2D eigenvalue weighted by molar-refractivity contribution is 7.89. The Bertz CT molecular complexity index is 781. The molecule has 0 bridgehead atoms. The predicted octanol–water partition coefficient (Wildman–Crippen LogP) is 1.81. The second-order valence-electron chi connectivity index (χ2n) is 5.85. The Balaban J connectivity index is 1.80. The van der Waals surface area contributed by atoms with Gasteiger partial charge in [-0.15, -0.1) is 0 Å². The number of aromatic nitrogens is 2. The van der Waals surface area contributed by atoms with Crippen molar-refractivity contribution in [1.82, 2.24) is 14.3 Å². The molecule has 128 valence electrons. The Morgan fingerprint density at radius 3 is 2.88 bits per heavy atom. The molecule has 0 saturated carbocycles. The van der Waals surface area contributed by atoms with Crippen molar-refractivity contribution < 1.29 is 13.2 Å². The summed E-state index contributed by atoms with van der Waals surface area (Å²) in [5.41, 5.74) is 1.62. The molecule has 24 heavy (non-hydrogen) atoms. The summed E-state index contributed by atoms with van der Waals surface area (Å²) in [6.07, 6.45) is 6.31. The van der Waals surface area contributed by atoms with Crippen molar-refractivity contribution in [2.75, 3.05) is 19.8 Å². The lowest BCUT2D eigenvalue weighted by Gasteiger charge is -2.35. The van der Waals surface area contributed by atoms with Gasteiger partial charge in [0, 0.05) is 31.2 Å². The summed E-state index contributed by atoms with van der Waals surface area (Å²) in [4.78, 5) is 8.67. The first-order chi connectivity index (χ1) is 11.6. The number of hydrogen-bond donors (Lipinski definition) is 0. The van der Waals surface area contributed by atoms with Crippen molar-refractivity contribution in [2.45, 2.75) is 30.7 Å². The lowest BCUT2D eigenvalue weighted by molar-refractivity contribution is 0.0297. The maximum atomic E-state index is 13.1. The van der Waals surface area contributed by atoms with E-state index < -0.39 is 10.0 Å². The topological polar surface area (TPSA) is 72.4 Å². The van der Waals surface area contributed by atoms with Crippen molar-refractivity contribution in [3.8, 4) is 0 Å². The predicted molar refractivity (Wildman–Crippen MR) is 90.0 cm³/mol. The monoisotopic (exact) mass is 347 g/mol. The summed E-state index contributed by atoms with van der Waals surface area (Å²) in [5, 5.41) is 0. The number of sulfonamides is 1. The van der Waals surface area contributed by atoms with E-state index in [-0.39, 0.29) is 6.04 Å². The summed E-state index contributed by atoms with van der Waals surface area (Å²) in [6.45, 7) is 3.03. The molecule has 1 saturated heterocycles. The summed E-state index contributed by atoms with van der Waals surface area (Å²) in [7, 11) is -3.53. The molecule has 2 aromatic rings. The van der Waals surface area contributed by atoms with E-state index >= 15 is 0 Å². The molecule has 1 aromatic heterocycles. The Morgan fingerprint density at radius 2 is 2.12 bits per heavy atom. The molecule has 1 unspecified atom stereocenters. The molecular formula is C17H21N3O3S. The molecule has 1 atom stereocenters. The highest BCUT2D eigenvalue weighted by atomic mass is 32.2. The average Bonchev–Trinajstić information content (AvgIpc) is 2.61. The Morgan fingerprint density at radius 1 is 1.29 bits per heavy atom. The average molecular weight is 347 g/mol. The van der Waals surface area contributed by atoms with Gasteiger partial charge < -0.3 is 4.74 Å². The van der Waals surface area contributed by atoms with Crippen molar-refractivity contribution in [1.29, 1.82) is 0 Å². The van der Waals surface area contributed by atoms with E-state index in [4.69, 9.17) is 4.74 Å². The summed E-state index contributed by atoms with van der Waals surface area (Å²) >= 11 is 0. The lowest BCUT2D eigenvalue weighted by atomic mass is 10.1. The number of nitrogens with zero attached hydrogens (tertiary/aromatic N) is 3. The molecule has 0 amide bonds. The number of aryl methyl sites for hydroxylation is 2. The van der Waals surface area contributed by atoms with E-state index in [0.717, 1.165) is 11.3 Å². The number of rotatable bonds is 5. The maximum absolute atomic E-state index is 13.1. The van der Waals surface area contributed by atoms with Crippen LogP contribution in [0.15, 0.2) is 47.8 Å². The van der Waals surface area contributed by atoms with Gasteiger partial charge in [-0.3, -0.25) is 9.97 Å². The summed E-state index contributed by atoms with van der Waals surface area (Å²) in [5.74, 6) is 0. The van der Waals surface area contributed by atoms with Crippen LogP contribution >= 0.6 is 0 Å². The van der Waals surface area contributed by atoms with Crippen molar-refractivity contribution in [2.24, 2.45) is 0 Å². The van der Waals surface area contributed by atoms with Crippen LogP contribution in [0.3, 0.4) is 0 Å². The Hall–Kier alpha value is -1.83. The summed E-state index contributed by atoms with van der Waals surface area (Å²) < 4.78 is 33.2. The molecule has 6 nitrogen and oxygen atoms in total. The van der Waals surface area contributed by atoms with Gasteiger partial charge in [-0.05, 0) is 31.4 Å². The van der Waals surface area contributed by atoms with Gasteiger partial charge in [0.15, 0.2) is 0 Å². The molecular weight excluding hydrogens is 326 g/mol. The first-order valence-corrected chi connectivity index (χ1v) is 9.43. The maximum Gasteiger partial charge on any atom is 0.243 e. The van der Waals surface area contributed by atoms with Crippen LogP contribution < -0.4 is 0 Å². The third kappa shape index (κ3) is 3.63. The Labute approximate surface area is 142 Å². The van der Waals surface area contributed by atoms with Crippen LogP contribution in [0, 0.1) is 6.92 Å². The van der Waals surface area contributed by atoms with Gasteiger partial charge >= 0.3 is 0 Å². The molecule has 0 spiro atoms. The molecule has 1 aromatic carbocycles. The smallest absolute Gasteiger partial charge is 0.243 e. The van der Waals surface area contributed by atoms with Crippen LogP contribution in [-0.2, 0) is 21.2 Å². The van der Waals surface area contributed by atoms with Crippen LogP contribution in [0.5, 0.6) is 0 Å². The zero-order valence-electron chi connectivity index (χ0n) is 13.6. The van der Waals surface area contributed by atoms with Gasteiger partial charge in [-0.25, -0.2) is 8.42 Å². The fourth-order valence-electron chi connectivity index (χ4n) is 2.93. The zero-order chi connectivity index (χ0) is 17.0. The van der Waals surface area contributed by atoms with Crippen LogP contribution in [0.2, 0.25) is 0 Å². The number of benzene rings is 1. The first kappa shape index (κ1) is 17.0. The number of morpholine rings is 1. The van der Waals surface area contributed by atoms with Crippen molar-refractivity contribution in [3.05, 3.63) is 54.1 Å². The van der Waals surface area contributed by atoms with Gasteiger partial charge in [0.2, 0.25) is 10.0 Å². The zero-order valence-corrected chi connectivity index (χ0v) is 14.4. The molecule has 3 rings (SSSR count). The summed E-state index contributed by atoms with van der Waals surface area (Å²) in [6, 6.07) is 6.90. The molecule has 1 fully saturated rings. The van der Waals surface area contributed by atoms with E-state index in [1.165, 1.54) is 0 Å². The van der Waals surface area contributed by atoms with Crippen LogP contribution in [-0.4, -0.2) is 48.5 Å². The van der Waals surface area contributed by atoms with Crippen LogP contribution in [0.25, 0.3) is 0 Å². The van der Waals surface area contributed by atoms with Gasteiger partial charge in [-0.1, -0.05) is 18.2 Å². The standard InChI is InChI=1S/C17H21N3O3S/c1-14-4-2-3-5-17(14)24(21,22)20-10-11-23-13-16(20)7-6-15-12-18-8-9-19-15/h2-5,8-9,12,16H,6-7,10-11,13H2,1H3. The first-order valence-electron chi connectivity index (χ1n) is 7.99. The van der Waals surface area contributed by atoms with Gasteiger partial charge in [0.25, 0.3) is 0 Å². The van der Waals surface area contributed by atoms with Gasteiger partial charge in [0.1, 0.15) is 0 Å². The third-order valence-electron chi connectivity index (χ3n) is 4.20.